The fourth-order valence-corrected chi connectivity index (χ4v) is 5.40. The van der Waals surface area contributed by atoms with E-state index in [0.29, 0.717) is 18.8 Å². The molecule has 0 unspecified atom stereocenters. The molecular weight excluding hydrogens is 432 g/mol. The number of para-hydroxylation sites is 2. The molecule has 0 atom stereocenters. The standard InChI is InChI=1S/C22H22N4O3S2/c1-16-24-19-5-2-3-6-20(19)26(16)13-12-23-21(27)15-17-8-10-18(11-9-17)25-31(28,29)22-7-4-14-30-22/h2-11,14,25H,12-13,15H2,1H3,(H,23,27). The number of nitrogens with zero attached hydrogens (tertiary/aromatic N) is 2. The van der Waals surface area contributed by atoms with Crippen molar-refractivity contribution in [2.75, 3.05) is 11.3 Å². The fourth-order valence-electron chi connectivity index (χ4n) is 3.35. The van der Waals surface area contributed by atoms with E-state index < -0.39 is 10.0 Å². The number of anilines is 1. The van der Waals surface area contributed by atoms with Crippen LogP contribution >= 0.6 is 11.3 Å². The zero-order valence-electron chi connectivity index (χ0n) is 16.9. The third-order valence-corrected chi connectivity index (χ3v) is 7.61. The van der Waals surface area contributed by atoms with Gasteiger partial charge in [-0.15, -0.1) is 11.3 Å². The zero-order valence-corrected chi connectivity index (χ0v) is 18.5. The van der Waals surface area contributed by atoms with E-state index in [2.05, 4.69) is 19.6 Å². The van der Waals surface area contributed by atoms with Crippen LogP contribution in [0.3, 0.4) is 0 Å². The van der Waals surface area contributed by atoms with E-state index in [1.54, 1.807) is 41.8 Å². The van der Waals surface area contributed by atoms with Crippen LogP contribution in [0.2, 0.25) is 0 Å². The van der Waals surface area contributed by atoms with Gasteiger partial charge in [-0.3, -0.25) is 9.52 Å². The highest BCUT2D eigenvalue weighted by Crippen LogP contribution is 2.20. The number of fused-ring (bicyclic) bond motifs is 1. The molecule has 9 heteroatoms. The molecule has 2 heterocycles. The maximum Gasteiger partial charge on any atom is 0.271 e. The maximum atomic E-state index is 12.3. The second-order valence-corrected chi connectivity index (χ2v) is 9.92. The van der Waals surface area contributed by atoms with E-state index in [-0.39, 0.29) is 16.5 Å². The normalized spacial score (nSPS) is 11.5. The van der Waals surface area contributed by atoms with Crippen molar-refractivity contribution in [2.45, 2.75) is 24.1 Å². The van der Waals surface area contributed by atoms with Gasteiger partial charge >= 0.3 is 0 Å². The molecule has 0 bridgehead atoms. The lowest BCUT2D eigenvalue weighted by molar-refractivity contribution is -0.120. The van der Waals surface area contributed by atoms with Crippen LogP contribution in [0.1, 0.15) is 11.4 Å². The molecule has 4 rings (SSSR count). The Labute approximate surface area is 184 Å². The minimum Gasteiger partial charge on any atom is -0.354 e. The molecule has 0 fully saturated rings. The average Bonchev–Trinajstić information content (AvgIpc) is 3.38. The van der Waals surface area contributed by atoms with Crippen LogP contribution in [-0.2, 0) is 27.8 Å². The summed E-state index contributed by atoms with van der Waals surface area (Å²) in [6.45, 7) is 3.09. The summed E-state index contributed by atoms with van der Waals surface area (Å²) in [5.74, 6) is 0.824. The Morgan fingerprint density at radius 1 is 1.06 bits per heavy atom. The van der Waals surface area contributed by atoms with Crippen molar-refractivity contribution in [1.29, 1.82) is 0 Å². The minimum atomic E-state index is -3.58. The maximum absolute atomic E-state index is 12.3. The number of carbonyl (C=O) groups is 1. The monoisotopic (exact) mass is 454 g/mol. The molecule has 4 aromatic rings. The number of rotatable bonds is 8. The van der Waals surface area contributed by atoms with Gasteiger partial charge in [0.1, 0.15) is 10.0 Å². The van der Waals surface area contributed by atoms with Crippen LogP contribution in [0.5, 0.6) is 0 Å². The Hall–Kier alpha value is -3.17. The molecule has 0 spiro atoms. The number of sulfonamides is 1. The largest absolute Gasteiger partial charge is 0.354 e. The van der Waals surface area contributed by atoms with Gasteiger partial charge in [-0.05, 0) is 48.2 Å². The smallest absolute Gasteiger partial charge is 0.271 e. The molecule has 0 saturated carbocycles. The SMILES string of the molecule is Cc1nc2ccccc2n1CCNC(=O)Cc1ccc(NS(=O)(=O)c2cccs2)cc1. The van der Waals surface area contributed by atoms with Crippen LogP contribution in [0.4, 0.5) is 5.69 Å². The summed E-state index contributed by atoms with van der Waals surface area (Å²) in [5, 5.41) is 4.65. The van der Waals surface area contributed by atoms with E-state index in [1.165, 1.54) is 0 Å². The Kier molecular flexibility index (Phi) is 6.06. The lowest BCUT2D eigenvalue weighted by Gasteiger charge is -2.10. The summed E-state index contributed by atoms with van der Waals surface area (Å²) in [5.41, 5.74) is 3.26. The van der Waals surface area contributed by atoms with Gasteiger partial charge in [0.25, 0.3) is 10.0 Å². The Morgan fingerprint density at radius 2 is 1.84 bits per heavy atom. The first-order valence-electron chi connectivity index (χ1n) is 9.76. The molecule has 2 aromatic heterocycles. The molecule has 7 nitrogen and oxygen atoms in total. The van der Waals surface area contributed by atoms with Crippen molar-refractivity contribution in [1.82, 2.24) is 14.9 Å². The summed E-state index contributed by atoms with van der Waals surface area (Å²) >= 11 is 1.16. The van der Waals surface area contributed by atoms with Crippen LogP contribution in [0.15, 0.2) is 70.3 Å². The number of aryl methyl sites for hydroxylation is 1. The summed E-state index contributed by atoms with van der Waals surface area (Å²) < 4.78 is 29.4. The molecule has 160 valence electrons. The second kappa shape index (κ2) is 8.91. The lowest BCUT2D eigenvalue weighted by Crippen LogP contribution is -2.28. The number of imidazole rings is 1. The van der Waals surface area contributed by atoms with Crippen molar-refractivity contribution >= 4 is 44.0 Å². The quantitative estimate of drug-likeness (QED) is 0.426. The minimum absolute atomic E-state index is 0.0889. The number of thiophene rings is 1. The first-order valence-corrected chi connectivity index (χ1v) is 12.1. The molecule has 2 N–H and O–H groups in total. The van der Waals surface area contributed by atoms with E-state index in [1.807, 2.05) is 31.2 Å². The number of hydrogen-bond donors (Lipinski definition) is 2. The molecular formula is C22H22N4O3S2. The predicted octanol–water partition coefficient (Wildman–Crippen LogP) is 3.57. The topological polar surface area (TPSA) is 93.1 Å². The summed E-state index contributed by atoms with van der Waals surface area (Å²) in [6.07, 6.45) is 0.224. The van der Waals surface area contributed by atoms with Crippen LogP contribution in [-0.4, -0.2) is 30.4 Å². The number of nitrogens with one attached hydrogen (secondary N) is 2. The number of carbonyl (C=O) groups excluding carboxylic acids is 1. The highest BCUT2D eigenvalue weighted by atomic mass is 32.2. The van der Waals surface area contributed by atoms with E-state index >= 15 is 0 Å². The second-order valence-electron chi connectivity index (χ2n) is 7.06. The van der Waals surface area contributed by atoms with Crippen LogP contribution < -0.4 is 10.0 Å². The molecule has 31 heavy (non-hydrogen) atoms. The van der Waals surface area contributed by atoms with Crippen molar-refractivity contribution in [3.63, 3.8) is 0 Å². The van der Waals surface area contributed by atoms with Gasteiger partial charge in [0.05, 0.1) is 17.5 Å². The first-order chi connectivity index (χ1) is 14.9. The van der Waals surface area contributed by atoms with Crippen molar-refractivity contribution in [2.24, 2.45) is 0 Å². The summed E-state index contributed by atoms with van der Waals surface area (Å²) in [4.78, 5) is 16.8. The number of amides is 1. The van der Waals surface area contributed by atoms with Gasteiger partial charge in [0.2, 0.25) is 5.91 Å². The van der Waals surface area contributed by atoms with Gasteiger partial charge in [0.15, 0.2) is 0 Å². The molecule has 0 aliphatic carbocycles. The molecule has 0 aliphatic heterocycles. The first kappa shape index (κ1) is 21.1. The van der Waals surface area contributed by atoms with Gasteiger partial charge in [-0.25, -0.2) is 13.4 Å². The highest BCUT2D eigenvalue weighted by Gasteiger charge is 2.15. The molecule has 0 aliphatic rings. The van der Waals surface area contributed by atoms with E-state index in [9.17, 15) is 13.2 Å². The van der Waals surface area contributed by atoms with Gasteiger partial charge in [0, 0.05) is 18.8 Å². The third kappa shape index (κ3) is 4.95. The van der Waals surface area contributed by atoms with Gasteiger partial charge in [-0.1, -0.05) is 30.3 Å². The Balaban J connectivity index is 1.30. The molecule has 1 amide bonds. The summed E-state index contributed by atoms with van der Waals surface area (Å²) in [6, 6.07) is 18.0. The van der Waals surface area contributed by atoms with Crippen LogP contribution in [0.25, 0.3) is 11.0 Å². The Morgan fingerprint density at radius 3 is 2.58 bits per heavy atom. The molecule has 0 saturated heterocycles. The fraction of sp³-hybridized carbons (Fsp3) is 0.182. The van der Waals surface area contributed by atoms with Crippen molar-refractivity contribution < 1.29 is 13.2 Å². The summed E-state index contributed by atoms with van der Waals surface area (Å²) in [7, 11) is -3.58. The van der Waals surface area contributed by atoms with E-state index in [4.69, 9.17) is 0 Å². The highest BCUT2D eigenvalue weighted by molar-refractivity contribution is 7.94. The third-order valence-electron chi connectivity index (χ3n) is 4.83. The van der Waals surface area contributed by atoms with Crippen molar-refractivity contribution in [3.8, 4) is 0 Å². The Bertz CT molecular complexity index is 1290. The molecule has 2 aromatic carbocycles. The number of aromatic nitrogens is 2. The number of hydrogen-bond acceptors (Lipinski definition) is 5. The van der Waals surface area contributed by atoms with Crippen LogP contribution in [0, 0.1) is 6.92 Å². The average molecular weight is 455 g/mol. The van der Waals surface area contributed by atoms with Gasteiger partial charge in [-0.2, -0.15) is 0 Å². The number of benzene rings is 2. The zero-order chi connectivity index (χ0) is 21.8. The van der Waals surface area contributed by atoms with E-state index in [0.717, 1.165) is 33.8 Å². The van der Waals surface area contributed by atoms with Gasteiger partial charge < -0.3 is 9.88 Å². The predicted molar refractivity (Wildman–Crippen MR) is 123 cm³/mol. The van der Waals surface area contributed by atoms with Crippen molar-refractivity contribution in [3.05, 3.63) is 77.4 Å². The molecule has 0 radical (unpaired) electrons. The lowest BCUT2D eigenvalue weighted by atomic mass is 10.1.